The molecule has 7 nitrogen and oxygen atoms in total. The number of carbonyl (C=O) groups is 2. The van der Waals surface area contributed by atoms with Gasteiger partial charge in [0.2, 0.25) is 21.8 Å². The number of aryl methyl sites for hydroxylation is 1. The van der Waals surface area contributed by atoms with E-state index in [-0.39, 0.29) is 24.9 Å². The Labute approximate surface area is 242 Å². The summed E-state index contributed by atoms with van der Waals surface area (Å²) in [5, 5.41) is 3.68. The van der Waals surface area contributed by atoms with Gasteiger partial charge in [-0.3, -0.25) is 13.9 Å². The van der Waals surface area contributed by atoms with Crippen molar-refractivity contribution in [2.24, 2.45) is 0 Å². The van der Waals surface area contributed by atoms with Crippen LogP contribution in [0.25, 0.3) is 0 Å². The van der Waals surface area contributed by atoms with Crippen molar-refractivity contribution in [3.05, 3.63) is 101 Å². The second-order valence-electron chi connectivity index (χ2n) is 10.5. The first-order valence-electron chi connectivity index (χ1n) is 13.5. The molecule has 3 aromatic carbocycles. The fourth-order valence-electron chi connectivity index (χ4n) is 5.15. The molecule has 0 unspecified atom stereocenters. The van der Waals surface area contributed by atoms with E-state index >= 15 is 0 Å². The van der Waals surface area contributed by atoms with Crippen LogP contribution in [0.5, 0.6) is 0 Å². The largest absolute Gasteiger partial charge is 0.352 e. The van der Waals surface area contributed by atoms with Gasteiger partial charge < -0.3 is 10.2 Å². The minimum absolute atomic E-state index is 0.0636. The highest BCUT2D eigenvalue weighted by Gasteiger charge is 2.34. The number of sulfonamides is 1. The van der Waals surface area contributed by atoms with Crippen molar-refractivity contribution >= 4 is 39.1 Å². The smallest absolute Gasteiger partial charge is 0.244 e. The highest BCUT2D eigenvalue weighted by Crippen LogP contribution is 2.23. The molecule has 40 heavy (non-hydrogen) atoms. The fourth-order valence-corrected chi connectivity index (χ4v) is 6.20. The second kappa shape index (κ2) is 13.3. The Morgan fingerprint density at radius 1 is 0.950 bits per heavy atom. The van der Waals surface area contributed by atoms with Crippen molar-refractivity contribution in [3.8, 4) is 0 Å². The lowest BCUT2D eigenvalue weighted by Crippen LogP contribution is -2.54. The van der Waals surface area contributed by atoms with Crippen molar-refractivity contribution in [3.63, 3.8) is 0 Å². The average Bonchev–Trinajstić information content (AvgIpc) is 3.42. The molecular weight excluding hydrogens is 546 g/mol. The van der Waals surface area contributed by atoms with Crippen LogP contribution in [0.2, 0.25) is 5.02 Å². The normalized spacial score (nSPS) is 14.5. The van der Waals surface area contributed by atoms with Crippen LogP contribution < -0.4 is 9.62 Å². The number of hydrogen-bond donors (Lipinski definition) is 1. The molecule has 3 aromatic rings. The number of hydrogen-bond acceptors (Lipinski definition) is 4. The SMILES string of the molecule is Cc1cccc(N(CC(=O)N(Cc2cccc(Cl)c2)[C@H](Cc2ccccc2)C(=O)NC2CCCC2)S(C)(=O)=O)c1. The number of carbonyl (C=O) groups excluding carboxylic acids is 2. The summed E-state index contributed by atoms with van der Waals surface area (Å²) in [5.41, 5.74) is 2.91. The van der Waals surface area contributed by atoms with E-state index in [1.54, 1.807) is 36.4 Å². The number of amides is 2. The maximum atomic E-state index is 14.1. The van der Waals surface area contributed by atoms with Gasteiger partial charge in [-0.25, -0.2) is 8.42 Å². The van der Waals surface area contributed by atoms with E-state index in [2.05, 4.69) is 5.32 Å². The monoisotopic (exact) mass is 581 g/mol. The van der Waals surface area contributed by atoms with Gasteiger partial charge in [0, 0.05) is 24.0 Å². The second-order valence-corrected chi connectivity index (χ2v) is 12.8. The van der Waals surface area contributed by atoms with Gasteiger partial charge in [0.05, 0.1) is 11.9 Å². The number of nitrogens with one attached hydrogen (secondary N) is 1. The van der Waals surface area contributed by atoms with Gasteiger partial charge in [0.15, 0.2) is 0 Å². The minimum Gasteiger partial charge on any atom is -0.352 e. The molecule has 4 rings (SSSR count). The summed E-state index contributed by atoms with van der Waals surface area (Å²) in [6, 6.07) is 22.9. The zero-order chi connectivity index (χ0) is 28.7. The van der Waals surface area contributed by atoms with Gasteiger partial charge in [-0.05, 0) is 60.7 Å². The third kappa shape index (κ3) is 8.08. The first kappa shape index (κ1) is 29.6. The minimum atomic E-state index is -3.80. The molecule has 0 heterocycles. The van der Waals surface area contributed by atoms with Gasteiger partial charge in [-0.15, -0.1) is 0 Å². The summed E-state index contributed by atoms with van der Waals surface area (Å²) in [5.74, 6) is -0.720. The van der Waals surface area contributed by atoms with Crippen LogP contribution in [0.3, 0.4) is 0 Å². The van der Waals surface area contributed by atoms with E-state index in [1.165, 1.54) is 4.90 Å². The molecule has 1 N–H and O–H groups in total. The lowest BCUT2D eigenvalue weighted by Gasteiger charge is -2.34. The molecule has 1 fully saturated rings. The molecule has 2 amide bonds. The van der Waals surface area contributed by atoms with Crippen LogP contribution >= 0.6 is 11.6 Å². The Bertz CT molecular complexity index is 1430. The number of benzene rings is 3. The molecule has 0 aliphatic heterocycles. The van der Waals surface area contributed by atoms with Crippen LogP contribution in [0.4, 0.5) is 5.69 Å². The third-order valence-corrected chi connectivity index (χ3v) is 8.56. The first-order chi connectivity index (χ1) is 19.1. The third-order valence-electron chi connectivity index (χ3n) is 7.18. The zero-order valence-corrected chi connectivity index (χ0v) is 24.5. The fraction of sp³-hybridized carbons (Fsp3) is 0.355. The lowest BCUT2D eigenvalue weighted by atomic mass is 10.0. The van der Waals surface area contributed by atoms with E-state index < -0.39 is 28.5 Å². The average molecular weight is 582 g/mol. The number of nitrogens with zero attached hydrogens (tertiary/aromatic N) is 2. The Balaban J connectivity index is 1.72. The molecule has 0 aromatic heterocycles. The summed E-state index contributed by atoms with van der Waals surface area (Å²) >= 11 is 6.26. The van der Waals surface area contributed by atoms with E-state index in [9.17, 15) is 18.0 Å². The van der Waals surface area contributed by atoms with Crippen molar-refractivity contribution < 1.29 is 18.0 Å². The molecule has 1 aliphatic rings. The van der Waals surface area contributed by atoms with Crippen LogP contribution in [-0.4, -0.2) is 50.0 Å². The molecule has 0 radical (unpaired) electrons. The summed E-state index contributed by atoms with van der Waals surface area (Å²) in [4.78, 5) is 29.5. The Morgan fingerprint density at radius 3 is 2.27 bits per heavy atom. The maximum absolute atomic E-state index is 14.1. The highest BCUT2D eigenvalue weighted by atomic mass is 35.5. The molecule has 0 bridgehead atoms. The van der Waals surface area contributed by atoms with Crippen LogP contribution in [0.1, 0.15) is 42.4 Å². The summed E-state index contributed by atoms with van der Waals surface area (Å²) in [7, 11) is -3.80. The molecule has 9 heteroatoms. The Kier molecular flexibility index (Phi) is 9.87. The van der Waals surface area contributed by atoms with Crippen molar-refractivity contribution in [2.75, 3.05) is 17.1 Å². The number of rotatable bonds is 11. The molecular formula is C31H36ClN3O4S. The first-order valence-corrected chi connectivity index (χ1v) is 15.8. The molecule has 0 spiro atoms. The molecule has 1 atom stereocenters. The van der Waals surface area contributed by atoms with Crippen molar-refractivity contribution in [1.29, 1.82) is 0 Å². The molecule has 1 aliphatic carbocycles. The maximum Gasteiger partial charge on any atom is 0.244 e. The molecule has 0 saturated heterocycles. The van der Waals surface area contributed by atoms with Gasteiger partial charge in [-0.2, -0.15) is 0 Å². The zero-order valence-electron chi connectivity index (χ0n) is 22.9. The van der Waals surface area contributed by atoms with Crippen LogP contribution in [-0.2, 0) is 32.6 Å². The van der Waals surface area contributed by atoms with Crippen molar-refractivity contribution in [2.45, 2.75) is 57.7 Å². The highest BCUT2D eigenvalue weighted by molar-refractivity contribution is 7.92. The predicted octanol–water partition coefficient (Wildman–Crippen LogP) is 5.11. The number of halogens is 1. The van der Waals surface area contributed by atoms with E-state index in [0.717, 1.165) is 52.9 Å². The molecule has 212 valence electrons. The summed E-state index contributed by atoms with van der Waals surface area (Å²) < 4.78 is 26.9. The standard InChI is InChI=1S/C31H36ClN3O4S/c1-23-10-8-17-28(18-23)35(40(2,38)39)22-30(36)34(21-25-13-9-14-26(32)19-25)29(20-24-11-4-3-5-12-24)31(37)33-27-15-6-7-16-27/h3-5,8-14,17-19,27,29H,6-7,15-16,20-22H2,1-2H3,(H,33,37)/t29-/m1/s1. The van der Waals surface area contributed by atoms with E-state index in [1.807, 2.05) is 49.4 Å². The van der Waals surface area contributed by atoms with Gasteiger partial charge in [-0.1, -0.05) is 79.0 Å². The topological polar surface area (TPSA) is 86.8 Å². The van der Waals surface area contributed by atoms with Crippen LogP contribution in [0, 0.1) is 6.92 Å². The predicted molar refractivity (Wildman–Crippen MR) is 160 cm³/mol. The summed E-state index contributed by atoms with van der Waals surface area (Å²) in [6.45, 7) is 1.52. The van der Waals surface area contributed by atoms with E-state index in [0.29, 0.717) is 10.7 Å². The van der Waals surface area contributed by atoms with Gasteiger partial charge in [0.1, 0.15) is 12.6 Å². The van der Waals surface area contributed by atoms with Gasteiger partial charge in [0.25, 0.3) is 0 Å². The lowest BCUT2D eigenvalue weighted by molar-refractivity contribution is -0.140. The van der Waals surface area contributed by atoms with Crippen LogP contribution in [0.15, 0.2) is 78.9 Å². The number of anilines is 1. The quantitative estimate of drug-likeness (QED) is 0.341. The Hall–Kier alpha value is -3.36. The van der Waals surface area contributed by atoms with Gasteiger partial charge >= 0.3 is 0 Å². The van der Waals surface area contributed by atoms with Crippen molar-refractivity contribution in [1.82, 2.24) is 10.2 Å². The van der Waals surface area contributed by atoms with E-state index in [4.69, 9.17) is 11.6 Å². The Morgan fingerprint density at radius 2 is 1.62 bits per heavy atom. The molecule has 1 saturated carbocycles. The summed E-state index contributed by atoms with van der Waals surface area (Å²) in [6.07, 6.45) is 5.29.